The Morgan fingerprint density at radius 2 is 2.35 bits per heavy atom. The molecule has 0 saturated carbocycles. The third-order valence-electron chi connectivity index (χ3n) is 2.85. The van der Waals surface area contributed by atoms with Crippen LogP contribution in [0.25, 0.3) is 0 Å². The van der Waals surface area contributed by atoms with Gasteiger partial charge in [0.05, 0.1) is 10.6 Å². The number of nitrogens with zero attached hydrogens (tertiary/aromatic N) is 1. The highest BCUT2D eigenvalue weighted by atomic mass is 32.1. The van der Waals surface area contributed by atoms with E-state index in [0.717, 1.165) is 5.01 Å². The molecular weight excluding hydrogens is 240 g/mol. The third kappa shape index (κ3) is 3.24. The molecule has 1 aliphatic heterocycles. The van der Waals surface area contributed by atoms with E-state index >= 15 is 0 Å². The van der Waals surface area contributed by atoms with E-state index in [-0.39, 0.29) is 12.5 Å². The van der Waals surface area contributed by atoms with Crippen LogP contribution in [0.1, 0.15) is 28.3 Å². The van der Waals surface area contributed by atoms with E-state index in [0.29, 0.717) is 31.7 Å². The maximum atomic E-state index is 11.7. The number of aryl methyl sites for hydroxylation is 1. The average molecular weight is 256 g/mol. The first-order valence-corrected chi connectivity index (χ1v) is 6.47. The molecule has 0 bridgehead atoms. The first kappa shape index (κ1) is 12.5. The molecule has 0 aliphatic carbocycles. The number of aromatic nitrogens is 1. The third-order valence-corrected chi connectivity index (χ3v) is 3.63. The molecule has 5 nitrogen and oxygen atoms in total. The van der Waals surface area contributed by atoms with Gasteiger partial charge in [0.25, 0.3) is 5.91 Å². The Kier molecular flexibility index (Phi) is 3.76. The Bertz CT molecular complexity index is 399. The number of hydrogen-bond donors (Lipinski definition) is 2. The summed E-state index contributed by atoms with van der Waals surface area (Å²) in [4.78, 5) is 15.8. The molecule has 0 spiro atoms. The van der Waals surface area contributed by atoms with Gasteiger partial charge in [-0.1, -0.05) is 0 Å². The molecule has 94 valence electrons. The molecule has 1 aromatic rings. The van der Waals surface area contributed by atoms with Crippen molar-refractivity contribution in [3.8, 4) is 0 Å². The van der Waals surface area contributed by atoms with Crippen LogP contribution in [-0.4, -0.2) is 41.4 Å². The lowest BCUT2D eigenvalue weighted by Crippen LogP contribution is -2.46. The topological polar surface area (TPSA) is 71.5 Å². The van der Waals surface area contributed by atoms with E-state index < -0.39 is 5.60 Å². The van der Waals surface area contributed by atoms with Gasteiger partial charge in [-0.15, -0.1) is 11.3 Å². The molecule has 2 N–H and O–H groups in total. The lowest BCUT2D eigenvalue weighted by molar-refractivity contribution is -0.0605. The van der Waals surface area contributed by atoms with Crippen LogP contribution >= 0.6 is 11.3 Å². The number of amides is 1. The second kappa shape index (κ2) is 5.12. The minimum Gasteiger partial charge on any atom is -0.388 e. The second-order valence-corrected chi connectivity index (χ2v) is 5.33. The molecule has 1 amide bonds. The van der Waals surface area contributed by atoms with Crippen LogP contribution in [-0.2, 0) is 4.74 Å². The number of rotatable bonds is 3. The van der Waals surface area contributed by atoms with E-state index in [9.17, 15) is 9.90 Å². The van der Waals surface area contributed by atoms with E-state index in [1.807, 2.05) is 6.92 Å². The number of carbonyl (C=O) groups is 1. The number of carbonyl (C=O) groups excluding carboxylic acids is 1. The number of aliphatic hydroxyl groups is 1. The largest absolute Gasteiger partial charge is 0.388 e. The van der Waals surface area contributed by atoms with E-state index in [2.05, 4.69) is 10.3 Å². The number of thiazole rings is 1. The van der Waals surface area contributed by atoms with E-state index in [1.54, 1.807) is 5.38 Å². The highest BCUT2D eigenvalue weighted by molar-refractivity contribution is 7.09. The summed E-state index contributed by atoms with van der Waals surface area (Å²) in [5.41, 5.74) is -0.415. The molecule has 17 heavy (non-hydrogen) atoms. The Labute approximate surface area is 104 Å². The molecule has 6 heteroatoms. The Hall–Kier alpha value is -0.980. The Balaban J connectivity index is 1.87. The smallest absolute Gasteiger partial charge is 0.270 e. The molecular formula is C11H16N2O3S. The van der Waals surface area contributed by atoms with Gasteiger partial charge in [0, 0.05) is 38.0 Å². The summed E-state index contributed by atoms with van der Waals surface area (Å²) in [5, 5.41) is 15.5. The van der Waals surface area contributed by atoms with Crippen molar-refractivity contribution in [1.29, 1.82) is 0 Å². The van der Waals surface area contributed by atoms with Gasteiger partial charge in [-0.3, -0.25) is 4.79 Å². The van der Waals surface area contributed by atoms with Crippen molar-refractivity contribution in [1.82, 2.24) is 10.3 Å². The van der Waals surface area contributed by atoms with Crippen molar-refractivity contribution >= 4 is 17.2 Å². The van der Waals surface area contributed by atoms with Gasteiger partial charge in [-0.25, -0.2) is 4.98 Å². The lowest BCUT2D eigenvalue weighted by Gasteiger charge is -2.31. The highest BCUT2D eigenvalue weighted by Crippen LogP contribution is 2.19. The molecule has 0 unspecified atom stereocenters. The van der Waals surface area contributed by atoms with Crippen LogP contribution in [0.3, 0.4) is 0 Å². The van der Waals surface area contributed by atoms with Gasteiger partial charge in [-0.05, 0) is 6.92 Å². The van der Waals surface area contributed by atoms with Crippen LogP contribution in [0.2, 0.25) is 0 Å². The summed E-state index contributed by atoms with van der Waals surface area (Å²) in [6.45, 7) is 3.20. The summed E-state index contributed by atoms with van der Waals surface area (Å²) in [5.74, 6) is -0.228. The minimum absolute atomic E-state index is 0.228. The van der Waals surface area contributed by atoms with Gasteiger partial charge < -0.3 is 15.2 Å². The lowest BCUT2D eigenvalue weighted by atomic mass is 9.94. The van der Waals surface area contributed by atoms with Crippen LogP contribution in [0, 0.1) is 6.92 Å². The first-order chi connectivity index (χ1) is 8.09. The number of ether oxygens (including phenoxy) is 1. The van der Waals surface area contributed by atoms with Gasteiger partial charge in [0.2, 0.25) is 0 Å². The van der Waals surface area contributed by atoms with Crippen molar-refractivity contribution in [3.63, 3.8) is 0 Å². The molecule has 0 atom stereocenters. The summed E-state index contributed by atoms with van der Waals surface area (Å²) in [6, 6.07) is 0. The molecule has 1 fully saturated rings. The maximum absolute atomic E-state index is 11.7. The zero-order chi connectivity index (χ0) is 12.3. The van der Waals surface area contributed by atoms with E-state index in [4.69, 9.17) is 4.74 Å². The predicted octanol–water partition coefficient (Wildman–Crippen LogP) is 0.723. The fourth-order valence-electron chi connectivity index (χ4n) is 1.73. The van der Waals surface area contributed by atoms with Crippen LogP contribution in [0.4, 0.5) is 0 Å². The molecule has 0 radical (unpaired) electrons. The summed E-state index contributed by atoms with van der Waals surface area (Å²) in [6.07, 6.45) is 1.12. The van der Waals surface area contributed by atoms with E-state index in [1.165, 1.54) is 11.3 Å². The average Bonchev–Trinajstić information content (AvgIpc) is 2.74. The Morgan fingerprint density at radius 3 is 2.94 bits per heavy atom. The van der Waals surface area contributed by atoms with Crippen molar-refractivity contribution in [2.24, 2.45) is 0 Å². The molecule has 2 rings (SSSR count). The molecule has 1 aromatic heterocycles. The van der Waals surface area contributed by atoms with Gasteiger partial charge in [-0.2, -0.15) is 0 Å². The molecule has 1 aliphatic rings. The van der Waals surface area contributed by atoms with Crippen LogP contribution in [0.5, 0.6) is 0 Å². The summed E-state index contributed by atoms with van der Waals surface area (Å²) in [7, 11) is 0. The van der Waals surface area contributed by atoms with Crippen LogP contribution in [0.15, 0.2) is 5.38 Å². The first-order valence-electron chi connectivity index (χ1n) is 5.60. The standard InChI is InChI=1S/C11H16N2O3S/c1-8-13-9(6-17-8)10(14)12-7-11(15)2-4-16-5-3-11/h6,15H,2-5,7H2,1H3,(H,12,14). The fourth-order valence-corrected chi connectivity index (χ4v) is 2.32. The maximum Gasteiger partial charge on any atom is 0.270 e. The summed E-state index contributed by atoms with van der Waals surface area (Å²) >= 11 is 1.44. The second-order valence-electron chi connectivity index (χ2n) is 4.27. The molecule has 2 heterocycles. The predicted molar refractivity (Wildman–Crippen MR) is 64.2 cm³/mol. The highest BCUT2D eigenvalue weighted by Gasteiger charge is 2.30. The zero-order valence-electron chi connectivity index (χ0n) is 9.73. The van der Waals surface area contributed by atoms with Gasteiger partial charge >= 0.3 is 0 Å². The molecule has 0 aromatic carbocycles. The van der Waals surface area contributed by atoms with Crippen molar-refractivity contribution < 1.29 is 14.6 Å². The Morgan fingerprint density at radius 1 is 1.65 bits per heavy atom. The van der Waals surface area contributed by atoms with Gasteiger partial charge in [0.15, 0.2) is 0 Å². The fraction of sp³-hybridized carbons (Fsp3) is 0.636. The summed E-state index contributed by atoms with van der Waals surface area (Å²) < 4.78 is 5.18. The SMILES string of the molecule is Cc1nc(C(=O)NCC2(O)CCOCC2)cs1. The van der Waals surface area contributed by atoms with Crippen molar-refractivity contribution in [2.45, 2.75) is 25.4 Å². The number of nitrogens with one attached hydrogen (secondary N) is 1. The molecule has 1 saturated heterocycles. The monoisotopic (exact) mass is 256 g/mol. The normalized spacial score (nSPS) is 18.9. The zero-order valence-corrected chi connectivity index (χ0v) is 10.5. The van der Waals surface area contributed by atoms with Gasteiger partial charge in [0.1, 0.15) is 5.69 Å². The van der Waals surface area contributed by atoms with Crippen molar-refractivity contribution in [3.05, 3.63) is 16.1 Å². The van der Waals surface area contributed by atoms with Crippen molar-refractivity contribution in [2.75, 3.05) is 19.8 Å². The number of hydrogen-bond acceptors (Lipinski definition) is 5. The minimum atomic E-state index is -0.834. The quantitative estimate of drug-likeness (QED) is 0.836. The van der Waals surface area contributed by atoms with Crippen LogP contribution < -0.4 is 5.32 Å².